The molecule has 5 nitrogen and oxygen atoms in total. The highest BCUT2D eigenvalue weighted by Gasteiger charge is 2.23. The van der Waals surface area contributed by atoms with Crippen LogP contribution in [-0.2, 0) is 25.1 Å². The van der Waals surface area contributed by atoms with Crippen molar-refractivity contribution in [1.29, 1.82) is 0 Å². The fraction of sp³-hybridized carbons (Fsp3) is 0.571. The molecule has 0 fully saturated rings. The number of rotatable bonds is 3. The third-order valence-corrected chi connectivity index (χ3v) is 2.10. The zero-order valence-corrected chi connectivity index (χ0v) is 7.89. The molecule has 0 saturated heterocycles. The zero-order chi connectivity index (χ0) is 9.84. The molecule has 1 rings (SSSR count). The highest BCUT2D eigenvalue weighted by atomic mass is 32.2. The Morgan fingerprint density at radius 3 is 2.77 bits per heavy atom. The highest BCUT2D eigenvalue weighted by Crippen LogP contribution is 2.27. The van der Waals surface area contributed by atoms with E-state index in [1.165, 1.54) is 7.11 Å². The van der Waals surface area contributed by atoms with Gasteiger partial charge in [0.05, 0.1) is 12.7 Å². The average Bonchev–Trinajstić information content (AvgIpc) is 2.50. The molecule has 0 saturated carbocycles. The molecule has 13 heavy (non-hydrogen) atoms. The second-order valence-electron chi connectivity index (χ2n) is 2.53. The predicted molar refractivity (Wildman–Crippen MR) is 42.9 cm³/mol. The van der Waals surface area contributed by atoms with Gasteiger partial charge in [-0.25, -0.2) is 9.00 Å². The maximum atomic E-state index is 11.0. The normalized spacial score (nSPS) is 18.6. The molecule has 1 atom stereocenters. The first kappa shape index (κ1) is 10.2. The summed E-state index contributed by atoms with van der Waals surface area (Å²) in [4.78, 5) is 11.0. The summed E-state index contributed by atoms with van der Waals surface area (Å²) in [7, 11) is 1.25. The standard InChI is InChI=1S/C7H10O5S/c1-11-7(8)5-3-2-4-6(5)12-13(9)10/h2-4H2,1H3,(H,9,10)/p-1. The van der Waals surface area contributed by atoms with E-state index in [0.29, 0.717) is 18.4 Å². The van der Waals surface area contributed by atoms with Crippen LogP contribution >= 0.6 is 0 Å². The van der Waals surface area contributed by atoms with E-state index in [4.69, 9.17) is 0 Å². The van der Waals surface area contributed by atoms with Gasteiger partial charge in [-0.3, -0.25) is 0 Å². The van der Waals surface area contributed by atoms with Crippen LogP contribution in [0.5, 0.6) is 0 Å². The lowest BCUT2D eigenvalue weighted by atomic mass is 10.2. The number of hydrogen-bond acceptors (Lipinski definition) is 5. The Hall–Kier alpha value is -0.880. The van der Waals surface area contributed by atoms with E-state index >= 15 is 0 Å². The van der Waals surface area contributed by atoms with Crippen LogP contribution in [0.4, 0.5) is 0 Å². The van der Waals surface area contributed by atoms with Gasteiger partial charge in [-0.05, 0) is 12.8 Å². The van der Waals surface area contributed by atoms with Crippen molar-refractivity contribution in [2.45, 2.75) is 19.3 Å². The van der Waals surface area contributed by atoms with Gasteiger partial charge in [0, 0.05) is 6.42 Å². The van der Waals surface area contributed by atoms with E-state index in [2.05, 4.69) is 8.92 Å². The third-order valence-electron chi connectivity index (χ3n) is 1.77. The van der Waals surface area contributed by atoms with Crippen molar-refractivity contribution in [2.24, 2.45) is 0 Å². The van der Waals surface area contributed by atoms with E-state index < -0.39 is 17.3 Å². The quantitative estimate of drug-likeness (QED) is 0.492. The molecule has 1 unspecified atom stereocenters. The summed E-state index contributed by atoms with van der Waals surface area (Å²) in [6.07, 6.45) is 1.70. The number of hydrogen-bond donors (Lipinski definition) is 0. The van der Waals surface area contributed by atoms with Gasteiger partial charge in [0.2, 0.25) is 0 Å². The van der Waals surface area contributed by atoms with Gasteiger partial charge in [0.15, 0.2) is 0 Å². The zero-order valence-electron chi connectivity index (χ0n) is 7.07. The summed E-state index contributed by atoms with van der Waals surface area (Å²) in [5.41, 5.74) is 0.326. The van der Waals surface area contributed by atoms with E-state index in [-0.39, 0.29) is 5.76 Å². The Bertz CT molecular complexity index is 270. The van der Waals surface area contributed by atoms with Crippen molar-refractivity contribution >= 4 is 17.3 Å². The van der Waals surface area contributed by atoms with Crippen molar-refractivity contribution in [3.8, 4) is 0 Å². The first-order chi connectivity index (χ1) is 6.15. The van der Waals surface area contributed by atoms with Crippen LogP contribution in [-0.4, -0.2) is 21.8 Å². The molecular formula is C7H9O5S-. The Labute approximate surface area is 78.2 Å². The maximum absolute atomic E-state index is 11.0. The van der Waals surface area contributed by atoms with Gasteiger partial charge in [-0.15, -0.1) is 0 Å². The van der Waals surface area contributed by atoms with E-state index in [1.54, 1.807) is 0 Å². The molecule has 0 heterocycles. The van der Waals surface area contributed by atoms with Crippen LogP contribution in [0.2, 0.25) is 0 Å². The van der Waals surface area contributed by atoms with Crippen molar-refractivity contribution in [1.82, 2.24) is 0 Å². The minimum absolute atomic E-state index is 0.209. The second kappa shape index (κ2) is 4.38. The van der Waals surface area contributed by atoms with Crippen LogP contribution in [0.3, 0.4) is 0 Å². The van der Waals surface area contributed by atoms with Crippen LogP contribution in [0.15, 0.2) is 11.3 Å². The highest BCUT2D eigenvalue weighted by molar-refractivity contribution is 7.74. The number of allylic oxidation sites excluding steroid dienone is 1. The predicted octanol–water partition coefficient (Wildman–Crippen LogP) is 0.408. The molecule has 0 aromatic carbocycles. The minimum atomic E-state index is -2.61. The van der Waals surface area contributed by atoms with Crippen LogP contribution < -0.4 is 0 Å². The van der Waals surface area contributed by atoms with E-state index in [9.17, 15) is 13.6 Å². The van der Waals surface area contributed by atoms with Crippen molar-refractivity contribution < 1.29 is 22.5 Å². The molecule has 1 aliphatic carbocycles. The lowest BCUT2D eigenvalue weighted by Gasteiger charge is -2.09. The monoisotopic (exact) mass is 205 g/mol. The lowest BCUT2D eigenvalue weighted by Crippen LogP contribution is -2.06. The van der Waals surface area contributed by atoms with Crippen molar-refractivity contribution in [3.63, 3.8) is 0 Å². The Kier molecular flexibility index (Phi) is 3.44. The first-order valence-electron chi connectivity index (χ1n) is 3.73. The topological polar surface area (TPSA) is 75.7 Å². The molecule has 0 spiro atoms. The summed E-state index contributed by atoms with van der Waals surface area (Å²) < 4.78 is 29.3. The molecule has 0 aromatic heterocycles. The molecule has 0 aliphatic heterocycles. The average molecular weight is 205 g/mol. The van der Waals surface area contributed by atoms with Crippen molar-refractivity contribution in [3.05, 3.63) is 11.3 Å². The number of carbonyl (C=O) groups is 1. The smallest absolute Gasteiger partial charge is 0.337 e. The Morgan fingerprint density at radius 2 is 2.23 bits per heavy atom. The first-order valence-corrected chi connectivity index (χ1v) is 4.73. The maximum Gasteiger partial charge on any atom is 0.337 e. The largest absolute Gasteiger partial charge is 0.740 e. The fourth-order valence-corrected chi connectivity index (χ4v) is 1.58. The number of methoxy groups -OCH3 is 1. The molecule has 0 bridgehead atoms. The molecule has 0 amide bonds. The molecule has 1 aliphatic rings. The number of carbonyl (C=O) groups excluding carboxylic acids is 1. The Balaban J connectivity index is 2.76. The van der Waals surface area contributed by atoms with Gasteiger partial charge < -0.3 is 13.5 Å². The SMILES string of the molecule is COC(=O)C1=C(OS(=O)[O-])CCC1. The van der Waals surface area contributed by atoms with Crippen LogP contribution in [0.25, 0.3) is 0 Å². The molecular weight excluding hydrogens is 196 g/mol. The van der Waals surface area contributed by atoms with Gasteiger partial charge >= 0.3 is 5.97 Å². The minimum Gasteiger partial charge on any atom is -0.740 e. The molecule has 0 radical (unpaired) electrons. The summed E-state index contributed by atoms with van der Waals surface area (Å²) >= 11 is -2.61. The van der Waals surface area contributed by atoms with Crippen LogP contribution in [0.1, 0.15) is 19.3 Å². The summed E-state index contributed by atoms with van der Waals surface area (Å²) in [6.45, 7) is 0. The van der Waals surface area contributed by atoms with Gasteiger partial charge in [0.25, 0.3) is 0 Å². The molecule has 74 valence electrons. The van der Waals surface area contributed by atoms with Gasteiger partial charge in [0.1, 0.15) is 17.1 Å². The molecule has 6 heteroatoms. The van der Waals surface area contributed by atoms with Crippen molar-refractivity contribution in [2.75, 3.05) is 7.11 Å². The summed E-state index contributed by atoms with van der Waals surface area (Å²) in [5, 5.41) is 0. The summed E-state index contributed by atoms with van der Waals surface area (Å²) in [6, 6.07) is 0. The van der Waals surface area contributed by atoms with Gasteiger partial charge in [-0.2, -0.15) is 0 Å². The Morgan fingerprint density at radius 1 is 1.54 bits per heavy atom. The molecule has 0 N–H and O–H groups in total. The van der Waals surface area contributed by atoms with E-state index in [0.717, 1.165) is 6.42 Å². The van der Waals surface area contributed by atoms with Gasteiger partial charge in [-0.1, -0.05) is 0 Å². The third kappa shape index (κ3) is 2.53. The molecule has 0 aromatic rings. The number of esters is 1. The summed E-state index contributed by atoms with van der Waals surface area (Å²) in [5.74, 6) is -0.307. The number of ether oxygens (including phenoxy) is 1. The fourth-order valence-electron chi connectivity index (χ4n) is 1.23. The second-order valence-corrected chi connectivity index (χ2v) is 3.11. The van der Waals surface area contributed by atoms with E-state index in [1.807, 2.05) is 0 Å². The lowest BCUT2D eigenvalue weighted by molar-refractivity contribution is -0.136. The van der Waals surface area contributed by atoms with Crippen LogP contribution in [0, 0.1) is 0 Å².